The van der Waals surface area contributed by atoms with Crippen molar-refractivity contribution in [3.63, 3.8) is 0 Å². The molecule has 0 aliphatic heterocycles. The molecule has 1 saturated carbocycles. The number of anilines is 1. The highest BCUT2D eigenvalue weighted by atomic mass is 16.5. The molecule has 3 N–H and O–H groups in total. The number of benzene rings is 1. The van der Waals surface area contributed by atoms with Gasteiger partial charge in [0, 0.05) is 12.0 Å². The summed E-state index contributed by atoms with van der Waals surface area (Å²) in [6, 6.07) is 7.72. The van der Waals surface area contributed by atoms with Gasteiger partial charge < -0.3 is 15.8 Å². The van der Waals surface area contributed by atoms with E-state index < -0.39 is 0 Å². The van der Waals surface area contributed by atoms with E-state index >= 15 is 0 Å². The van der Waals surface area contributed by atoms with Crippen molar-refractivity contribution >= 4 is 11.6 Å². The molecule has 0 unspecified atom stereocenters. The van der Waals surface area contributed by atoms with E-state index in [0.717, 1.165) is 31.4 Å². The average Bonchev–Trinajstić information content (AvgIpc) is 2.40. The minimum absolute atomic E-state index is 0.0754. The van der Waals surface area contributed by atoms with Crippen molar-refractivity contribution in [3.05, 3.63) is 24.3 Å². The molecule has 1 aliphatic rings. The van der Waals surface area contributed by atoms with Crippen LogP contribution in [0, 0.1) is 5.92 Å². The summed E-state index contributed by atoms with van der Waals surface area (Å²) in [5.41, 5.74) is 6.58. The van der Waals surface area contributed by atoms with E-state index in [1.54, 1.807) is 7.11 Å². The number of rotatable bonds is 3. The summed E-state index contributed by atoms with van der Waals surface area (Å²) in [5, 5.41) is 2.94. The molecule has 1 fully saturated rings. The van der Waals surface area contributed by atoms with Crippen molar-refractivity contribution < 1.29 is 9.53 Å². The number of carbonyl (C=O) groups is 1. The first-order valence-electron chi connectivity index (χ1n) is 6.40. The quantitative estimate of drug-likeness (QED) is 0.861. The maximum absolute atomic E-state index is 12.1. The molecule has 0 heterocycles. The normalized spacial score (nSPS) is 23.4. The summed E-state index contributed by atoms with van der Waals surface area (Å²) in [6.45, 7) is 0. The lowest BCUT2D eigenvalue weighted by Crippen LogP contribution is -2.32. The summed E-state index contributed by atoms with van der Waals surface area (Å²) in [7, 11) is 1.60. The number of ether oxygens (including phenoxy) is 1. The van der Waals surface area contributed by atoms with Crippen LogP contribution in [0.2, 0.25) is 0 Å². The van der Waals surface area contributed by atoms with Crippen molar-refractivity contribution in [2.45, 2.75) is 31.7 Å². The lowest BCUT2D eigenvalue weighted by Gasteiger charge is -2.25. The predicted molar refractivity (Wildman–Crippen MR) is 71.6 cm³/mol. The molecular formula is C14H20N2O2. The molecule has 0 atom stereocenters. The van der Waals surface area contributed by atoms with Gasteiger partial charge in [-0.05, 0) is 37.8 Å². The molecule has 4 heteroatoms. The predicted octanol–water partition coefficient (Wildman–Crippen LogP) is 2.15. The Morgan fingerprint density at radius 1 is 1.28 bits per heavy atom. The van der Waals surface area contributed by atoms with Gasteiger partial charge in [0.25, 0.3) is 0 Å². The number of hydrogen-bond donors (Lipinski definition) is 2. The summed E-state index contributed by atoms with van der Waals surface area (Å²) in [5.74, 6) is 0.847. The van der Waals surface area contributed by atoms with Crippen LogP contribution in [0.4, 0.5) is 5.69 Å². The number of carbonyl (C=O) groups excluding carboxylic acids is 1. The number of nitrogens with two attached hydrogens (primary N) is 1. The molecule has 0 aromatic heterocycles. The second-order valence-corrected chi connectivity index (χ2v) is 4.80. The van der Waals surface area contributed by atoms with Crippen molar-refractivity contribution in [2.75, 3.05) is 12.4 Å². The summed E-state index contributed by atoms with van der Waals surface area (Å²) in [4.78, 5) is 12.1. The summed E-state index contributed by atoms with van der Waals surface area (Å²) < 4.78 is 5.22. The van der Waals surface area contributed by atoms with E-state index in [4.69, 9.17) is 10.5 Å². The molecule has 1 aliphatic carbocycles. The Labute approximate surface area is 108 Å². The minimum Gasteiger partial charge on any atom is -0.495 e. The number of para-hydroxylation sites is 2. The standard InChI is InChI=1S/C14H20N2O2/c1-18-13-5-3-2-4-12(13)16-14(17)10-6-8-11(15)9-7-10/h2-5,10-11H,6-9,15H2,1H3,(H,16,17). The number of hydrogen-bond acceptors (Lipinski definition) is 3. The van der Waals surface area contributed by atoms with Crippen LogP contribution in [-0.4, -0.2) is 19.1 Å². The zero-order valence-corrected chi connectivity index (χ0v) is 10.7. The van der Waals surface area contributed by atoms with Gasteiger partial charge in [0.15, 0.2) is 0 Å². The Kier molecular flexibility index (Phi) is 4.20. The average molecular weight is 248 g/mol. The number of methoxy groups -OCH3 is 1. The third-order valence-corrected chi connectivity index (χ3v) is 3.51. The van der Waals surface area contributed by atoms with Gasteiger partial charge in [0.2, 0.25) is 5.91 Å². The molecule has 0 saturated heterocycles. The van der Waals surface area contributed by atoms with Crippen molar-refractivity contribution in [1.29, 1.82) is 0 Å². The topological polar surface area (TPSA) is 64.3 Å². The monoisotopic (exact) mass is 248 g/mol. The van der Waals surface area contributed by atoms with Crippen molar-refractivity contribution in [1.82, 2.24) is 0 Å². The van der Waals surface area contributed by atoms with Crippen molar-refractivity contribution in [3.8, 4) is 5.75 Å². The fourth-order valence-corrected chi connectivity index (χ4v) is 2.36. The number of amides is 1. The second-order valence-electron chi connectivity index (χ2n) is 4.80. The van der Waals surface area contributed by atoms with E-state index in [0.29, 0.717) is 5.75 Å². The molecule has 4 nitrogen and oxygen atoms in total. The fourth-order valence-electron chi connectivity index (χ4n) is 2.36. The van der Waals surface area contributed by atoms with Crippen LogP contribution < -0.4 is 15.8 Å². The third-order valence-electron chi connectivity index (χ3n) is 3.51. The summed E-state index contributed by atoms with van der Waals surface area (Å²) >= 11 is 0. The van der Waals surface area contributed by atoms with E-state index in [1.807, 2.05) is 24.3 Å². The van der Waals surface area contributed by atoms with Gasteiger partial charge in [0.1, 0.15) is 5.75 Å². The first-order chi connectivity index (χ1) is 8.70. The Morgan fingerprint density at radius 2 is 1.94 bits per heavy atom. The van der Waals surface area contributed by atoms with E-state index in [9.17, 15) is 4.79 Å². The SMILES string of the molecule is COc1ccccc1NC(=O)C1CCC(N)CC1. The van der Waals surface area contributed by atoms with Crippen LogP contribution in [0.25, 0.3) is 0 Å². The lowest BCUT2D eigenvalue weighted by molar-refractivity contribution is -0.120. The molecular weight excluding hydrogens is 228 g/mol. The highest BCUT2D eigenvalue weighted by Crippen LogP contribution is 2.27. The zero-order chi connectivity index (χ0) is 13.0. The molecule has 0 bridgehead atoms. The van der Waals surface area contributed by atoms with Crippen LogP contribution in [0.1, 0.15) is 25.7 Å². The molecule has 0 spiro atoms. The second kappa shape index (κ2) is 5.87. The van der Waals surface area contributed by atoms with Crippen LogP contribution in [0.15, 0.2) is 24.3 Å². The van der Waals surface area contributed by atoms with Gasteiger partial charge in [-0.2, -0.15) is 0 Å². The Balaban J connectivity index is 1.98. The van der Waals surface area contributed by atoms with E-state index in [-0.39, 0.29) is 17.9 Å². The highest BCUT2D eigenvalue weighted by molar-refractivity contribution is 5.94. The van der Waals surface area contributed by atoms with Gasteiger partial charge in [-0.15, -0.1) is 0 Å². The maximum Gasteiger partial charge on any atom is 0.227 e. The zero-order valence-electron chi connectivity index (χ0n) is 10.7. The van der Waals surface area contributed by atoms with Crippen LogP contribution in [0.5, 0.6) is 5.75 Å². The molecule has 1 amide bonds. The van der Waals surface area contributed by atoms with Gasteiger partial charge in [0.05, 0.1) is 12.8 Å². The molecule has 18 heavy (non-hydrogen) atoms. The van der Waals surface area contributed by atoms with Crippen LogP contribution >= 0.6 is 0 Å². The molecule has 1 aromatic carbocycles. The smallest absolute Gasteiger partial charge is 0.227 e. The molecule has 98 valence electrons. The van der Waals surface area contributed by atoms with Crippen molar-refractivity contribution in [2.24, 2.45) is 11.7 Å². The first kappa shape index (κ1) is 12.9. The third kappa shape index (κ3) is 3.01. The Morgan fingerprint density at radius 3 is 2.61 bits per heavy atom. The van der Waals surface area contributed by atoms with Gasteiger partial charge in [-0.25, -0.2) is 0 Å². The van der Waals surface area contributed by atoms with Crippen LogP contribution in [0.3, 0.4) is 0 Å². The number of nitrogens with one attached hydrogen (secondary N) is 1. The molecule has 0 radical (unpaired) electrons. The Hall–Kier alpha value is -1.55. The molecule has 1 aromatic rings. The van der Waals surface area contributed by atoms with Crippen LogP contribution in [-0.2, 0) is 4.79 Å². The largest absolute Gasteiger partial charge is 0.495 e. The Bertz CT molecular complexity index is 412. The maximum atomic E-state index is 12.1. The fraction of sp³-hybridized carbons (Fsp3) is 0.500. The van der Waals surface area contributed by atoms with E-state index in [1.165, 1.54) is 0 Å². The lowest BCUT2D eigenvalue weighted by atomic mass is 9.86. The first-order valence-corrected chi connectivity index (χ1v) is 6.40. The highest BCUT2D eigenvalue weighted by Gasteiger charge is 2.24. The minimum atomic E-state index is 0.0754. The molecule has 2 rings (SSSR count). The van der Waals surface area contributed by atoms with Gasteiger partial charge in [-0.3, -0.25) is 4.79 Å². The summed E-state index contributed by atoms with van der Waals surface area (Å²) in [6.07, 6.45) is 3.62. The van der Waals surface area contributed by atoms with Gasteiger partial charge >= 0.3 is 0 Å². The van der Waals surface area contributed by atoms with Gasteiger partial charge in [-0.1, -0.05) is 12.1 Å². The van der Waals surface area contributed by atoms with E-state index in [2.05, 4.69) is 5.32 Å².